The van der Waals surface area contributed by atoms with Gasteiger partial charge in [0.1, 0.15) is 0 Å². The van der Waals surface area contributed by atoms with Gasteiger partial charge in [-0.1, -0.05) is 104 Å². The number of carbonyl (C=O) groups is 2. The van der Waals surface area contributed by atoms with Crippen LogP contribution < -0.4 is 9.44 Å². The molecule has 0 aliphatic carbocycles. The van der Waals surface area contributed by atoms with Gasteiger partial charge in [-0.25, -0.2) is 0 Å². The summed E-state index contributed by atoms with van der Waals surface area (Å²) in [5.74, 6) is 0.113. The fourth-order valence-corrected chi connectivity index (χ4v) is 4.36. The van der Waals surface area contributed by atoms with Crippen LogP contribution in [0, 0.1) is 0 Å². The molecule has 0 saturated carbocycles. The molecule has 0 aromatic heterocycles. The van der Waals surface area contributed by atoms with Crippen molar-refractivity contribution in [2.75, 3.05) is 0 Å². The smallest absolute Gasteiger partial charge is 0.230 e. The standard InChI is InChI=1S/C22H44N2O2S2/c1-3-5-7-9-11-13-15-17-19-21(25)23-27-28-24-22(26)20-18-16-14-12-10-8-6-4-2/h3-20H2,1-2H3,(H,23,25)(H,24,26). The van der Waals surface area contributed by atoms with Crippen molar-refractivity contribution < 1.29 is 9.59 Å². The van der Waals surface area contributed by atoms with E-state index >= 15 is 0 Å². The number of unbranched alkanes of at least 4 members (excludes halogenated alkanes) is 14. The van der Waals surface area contributed by atoms with E-state index in [9.17, 15) is 9.59 Å². The highest BCUT2D eigenvalue weighted by atomic mass is 33.1. The molecule has 6 heteroatoms. The number of carbonyl (C=O) groups excluding carboxylic acids is 2. The third-order valence-electron chi connectivity index (χ3n) is 4.87. The number of rotatable bonds is 21. The van der Waals surface area contributed by atoms with Gasteiger partial charge in [0, 0.05) is 34.8 Å². The Kier molecular flexibility index (Phi) is 22.6. The molecule has 0 fully saturated rings. The van der Waals surface area contributed by atoms with Gasteiger partial charge in [-0.2, -0.15) is 0 Å². The van der Waals surface area contributed by atoms with Crippen molar-refractivity contribution >= 4 is 33.8 Å². The van der Waals surface area contributed by atoms with Gasteiger partial charge in [0.05, 0.1) is 0 Å². The summed E-state index contributed by atoms with van der Waals surface area (Å²) in [7, 11) is 2.41. The second-order valence-electron chi connectivity index (χ2n) is 7.67. The van der Waals surface area contributed by atoms with Crippen LogP contribution in [0.25, 0.3) is 0 Å². The highest BCUT2D eigenvalue weighted by molar-refractivity contribution is 8.75. The summed E-state index contributed by atoms with van der Waals surface area (Å²) in [6.07, 6.45) is 21.0. The third kappa shape index (κ3) is 21.9. The van der Waals surface area contributed by atoms with Gasteiger partial charge in [0.15, 0.2) is 0 Å². The molecule has 0 saturated heterocycles. The van der Waals surface area contributed by atoms with E-state index in [0.717, 1.165) is 25.7 Å². The Bertz CT molecular complexity index is 334. The minimum atomic E-state index is 0.0563. The monoisotopic (exact) mass is 432 g/mol. The molecule has 28 heavy (non-hydrogen) atoms. The Morgan fingerprint density at radius 3 is 1.11 bits per heavy atom. The van der Waals surface area contributed by atoms with Crippen LogP contribution in [-0.4, -0.2) is 11.8 Å². The van der Waals surface area contributed by atoms with Gasteiger partial charge >= 0.3 is 0 Å². The summed E-state index contributed by atoms with van der Waals surface area (Å²) in [6.45, 7) is 4.47. The van der Waals surface area contributed by atoms with Crippen molar-refractivity contribution in [3.05, 3.63) is 0 Å². The first-order valence-electron chi connectivity index (χ1n) is 11.6. The van der Waals surface area contributed by atoms with Gasteiger partial charge < -0.3 is 0 Å². The molecule has 0 atom stereocenters. The highest BCUT2D eigenvalue weighted by Crippen LogP contribution is 2.15. The molecule has 166 valence electrons. The largest absolute Gasteiger partial charge is 0.290 e. The zero-order valence-electron chi connectivity index (χ0n) is 18.4. The predicted molar refractivity (Wildman–Crippen MR) is 126 cm³/mol. The minimum absolute atomic E-state index is 0.0563. The van der Waals surface area contributed by atoms with E-state index in [4.69, 9.17) is 0 Å². The van der Waals surface area contributed by atoms with E-state index in [2.05, 4.69) is 23.3 Å². The molecule has 0 heterocycles. The zero-order chi connectivity index (χ0) is 20.7. The van der Waals surface area contributed by atoms with Gasteiger partial charge in [0.25, 0.3) is 0 Å². The molecule has 0 unspecified atom stereocenters. The Labute approximate surface area is 182 Å². The first-order valence-corrected chi connectivity index (χ1v) is 13.8. The third-order valence-corrected chi connectivity index (χ3v) is 6.32. The van der Waals surface area contributed by atoms with Gasteiger partial charge in [0.2, 0.25) is 11.8 Å². The Balaban J connectivity index is 3.30. The summed E-state index contributed by atoms with van der Waals surface area (Å²) in [6, 6.07) is 0. The molecule has 0 rings (SSSR count). The second-order valence-corrected chi connectivity index (χ2v) is 9.41. The molecule has 0 spiro atoms. The van der Waals surface area contributed by atoms with E-state index in [1.807, 2.05) is 0 Å². The topological polar surface area (TPSA) is 58.2 Å². The van der Waals surface area contributed by atoms with Crippen LogP contribution in [0.2, 0.25) is 0 Å². The van der Waals surface area contributed by atoms with Crippen LogP contribution in [0.1, 0.15) is 129 Å². The van der Waals surface area contributed by atoms with Gasteiger partial charge in [-0.05, 0) is 12.8 Å². The van der Waals surface area contributed by atoms with Gasteiger partial charge in [-0.3, -0.25) is 19.0 Å². The minimum Gasteiger partial charge on any atom is -0.290 e. The first-order chi connectivity index (χ1) is 13.7. The summed E-state index contributed by atoms with van der Waals surface area (Å²) >= 11 is 0. The maximum Gasteiger partial charge on any atom is 0.230 e. The van der Waals surface area contributed by atoms with Crippen LogP contribution in [0.3, 0.4) is 0 Å². The number of nitrogens with one attached hydrogen (secondary N) is 2. The Morgan fingerprint density at radius 2 is 0.786 bits per heavy atom. The lowest BCUT2D eigenvalue weighted by molar-refractivity contribution is -0.120. The molecule has 0 aliphatic heterocycles. The lowest BCUT2D eigenvalue weighted by atomic mass is 10.1. The van der Waals surface area contributed by atoms with Crippen molar-refractivity contribution in [1.29, 1.82) is 0 Å². The van der Waals surface area contributed by atoms with Crippen LogP contribution in [0.15, 0.2) is 0 Å². The molecule has 0 aromatic carbocycles. The number of amides is 2. The van der Waals surface area contributed by atoms with E-state index < -0.39 is 0 Å². The first kappa shape index (κ1) is 27.6. The average Bonchev–Trinajstić information content (AvgIpc) is 2.69. The molecule has 0 radical (unpaired) electrons. The lowest BCUT2D eigenvalue weighted by Gasteiger charge is -2.05. The number of hydrogen-bond donors (Lipinski definition) is 2. The maximum absolute atomic E-state index is 11.7. The maximum atomic E-state index is 11.7. The van der Waals surface area contributed by atoms with Gasteiger partial charge in [-0.15, -0.1) is 0 Å². The molecule has 0 bridgehead atoms. The van der Waals surface area contributed by atoms with Crippen LogP contribution >= 0.6 is 22.0 Å². The molecule has 2 N–H and O–H groups in total. The second kappa shape index (κ2) is 22.9. The van der Waals surface area contributed by atoms with E-state index in [0.29, 0.717) is 12.8 Å². The normalized spacial score (nSPS) is 10.8. The molecular formula is C22H44N2O2S2. The molecule has 4 nitrogen and oxygen atoms in total. The van der Waals surface area contributed by atoms with Crippen molar-refractivity contribution in [3.63, 3.8) is 0 Å². The van der Waals surface area contributed by atoms with Crippen molar-refractivity contribution in [3.8, 4) is 0 Å². The summed E-state index contributed by atoms with van der Waals surface area (Å²) in [4.78, 5) is 23.5. The molecule has 0 aliphatic rings. The van der Waals surface area contributed by atoms with Crippen LogP contribution in [-0.2, 0) is 9.59 Å². The van der Waals surface area contributed by atoms with E-state index in [1.54, 1.807) is 0 Å². The molecule has 2 amide bonds. The highest BCUT2D eigenvalue weighted by Gasteiger charge is 2.04. The van der Waals surface area contributed by atoms with Crippen molar-refractivity contribution in [2.24, 2.45) is 0 Å². The van der Waals surface area contributed by atoms with Crippen molar-refractivity contribution in [1.82, 2.24) is 9.44 Å². The Morgan fingerprint density at radius 1 is 0.500 bits per heavy atom. The quantitative estimate of drug-likeness (QED) is 0.112. The van der Waals surface area contributed by atoms with E-state index in [-0.39, 0.29) is 11.8 Å². The fraction of sp³-hybridized carbons (Fsp3) is 0.909. The molecular weight excluding hydrogens is 388 g/mol. The Hall–Kier alpha value is -0.360. The number of hydrogen-bond acceptors (Lipinski definition) is 4. The summed E-state index contributed by atoms with van der Waals surface area (Å²) in [5, 5.41) is 0. The zero-order valence-corrected chi connectivity index (χ0v) is 20.0. The summed E-state index contributed by atoms with van der Waals surface area (Å²) < 4.78 is 5.57. The van der Waals surface area contributed by atoms with Crippen molar-refractivity contribution in [2.45, 2.75) is 129 Å². The van der Waals surface area contributed by atoms with E-state index in [1.165, 1.54) is 99.0 Å². The molecule has 0 aromatic rings. The average molecular weight is 433 g/mol. The SMILES string of the molecule is CCCCCCCCCCC(=O)NSSNC(=O)CCCCCCCCCC. The fourth-order valence-electron chi connectivity index (χ4n) is 3.08. The lowest BCUT2D eigenvalue weighted by Crippen LogP contribution is -2.18. The van der Waals surface area contributed by atoms with Crippen LogP contribution in [0.4, 0.5) is 0 Å². The summed E-state index contributed by atoms with van der Waals surface area (Å²) in [5.41, 5.74) is 0. The predicted octanol–water partition coefficient (Wildman–Crippen LogP) is 7.49. The van der Waals surface area contributed by atoms with Crippen LogP contribution in [0.5, 0.6) is 0 Å².